The highest BCUT2D eigenvalue weighted by Gasteiger charge is 2.31. The maximum atomic E-state index is 12.1. The molecule has 112 valence electrons. The highest BCUT2D eigenvalue weighted by atomic mass is 16.6. The van der Waals surface area contributed by atoms with E-state index in [-0.39, 0.29) is 12.1 Å². The number of nitrogens with zero attached hydrogens (tertiary/aromatic N) is 1. The topological polar surface area (TPSA) is 41.6 Å². The summed E-state index contributed by atoms with van der Waals surface area (Å²) in [6.45, 7) is 11.8. The molecule has 0 aromatic carbocycles. The quantitative estimate of drug-likeness (QED) is 0.834. The van der Waals surface area contributed by atoms with Gasteiger partial charge in [-0.25, -0.2) is 4.79 Å². The van der Waals surface area contributed by atoms with Crippen molar-refractivity contribution >= 4 is 6.09 Å². The first-order chi connectivity index (χ1) is 8.83. The average molecular weight is 270 g/mol. The largest absolute Gasteiger partial charge is 0.444 e. The molecule has 0 spiro atoms. The van der Waals surface area contributed by atoms with Crippen molar-refractivity contribution in [3.05, 3.63) is 0 Å². The molecule has 1 saturated heterocycles. The maximum Gasteiger partial charge on any atom is 0.410 e. The molecule has 4 nitrogen and oxygen atoms in total. The highest BCUT2D eigenvalue weighted by molar-refractivity contribution is 5.69. The summed E-state index contributed by atoms with van der Waals surface area (Å²) < 4.78 is 5.47. The molecule has 0 saturated carbocycles. The molecule has 1 rings (SSSR count). The van der Waals surface area contributed by atoms with Gasteiger partial charge in [0.05, 0.1) is 0 Å². The number of nitrogens with one attached hydrogen (secondary N) is 1. The number of hydrogen-bond donors (Lipinski definition) is 1. The van der Waals surface area contributed by atoms with Crippen LogP contribution < -0.4 is 5.32 Å². The van der Waals surface area contributed by atoms with Gasteiger partial charge in [-0.2, -0.15) is 0 Å². The van der Waals surface area contributed by atoms with Crippen LogP contribution in [0.15, 0.2) is 0 Å². The molecule has 4 heteroatoms. The Hall–Kier alpha value is -0.770. The molecule has 19 heavy (non-hydrogen) atoms. The van der Waals surface area contributed by atoms with Crippen molar-refractivity contribution < 1.29 is 9.53 Å². The Bertz CT molecular complexity index is 286. The Morgan fingerprint density at radius 2 is 2.16 bits per heavy atom. The fourth-order valence-corrected chi connectivity index (χ4v) is 2.48. The van der Waals surface area contributed by atoms with Gasteiger partial charge in [-0.05, 0) is 47.0 Å². The average Bonchev–Trinajstić information content (AvgIpc) is 2.72. The molecule has 1 aliphatic rings. The van der Waals surface area contributed by atoms with E-state index in [4.69, 9.17) is 4.74 Å². The third-order valence-corrected chi connectivity index (χ3v) is 3.43. The Balaban J connectivity index is 2.43. The van der Waals surface area contributed by atoms with Crippen molar-refractivity contribution in [1.29, 1.82) is 0 Å². The standard InChI is InChI=1S/C15H30N2O2/c1-6-8-12(2)16-11-13-9-7-10-17(13)14(18)19-15(3,4)5/h12-13,16H,6-11H2,1-5H3. The van der Waals surface area contributed by atoms with Gasteiger partial charge in [0.2, 0.25) is 0 Å². The second-order valence-electron chi connectivity index (χ2n) is 6.57. The van der Waals surface area contributed by atoms with E-state index in [9.17, 15) is 4.79 Å². The molecule has 1 N–H and O–H groups in total. The first-order valence-corrected chi connectivity index (χ1v) is 7.56. The van der Waals surface area contributed by atoms with Crippen molar-refractivity contribution in [2.75, 3.05) is 13.1 Å². The predicted molar refractivity (Wildman–Crippen MR) is 78.3 cm³/mol. The van der Waals surface area contributed by atoms with Gasteiger partial charge < -0.3 is 15.0 Å². The molecule has 0 aliphatic carbocycles. The SMILES string of the molecule is CCCC(C)NCC1CCCN1C(=O)OC(C)(C)C. The molecule has 0 aromatic heterocycles. The van der Waals surface area contributed by atoms with Crippen molar-refractivity contribution in [3.63, 3.8) is 0 Å². The summed E-state index contributed by atoms with van der Waals surface area (Å²) in [5, 5.41) is 3.52. The number of likely N-dealkylation sites (tertiary alicyclic amines) is 1. The third-order valence-electron chi connectivity index (χ3n) is 3.43. The van der Waals surface area contributed by atoms with Gasteiger partial charge in [0.1, 0.15) is 5.60 Å². The molecule has 1 fully saturated rings. The van der Waals surface area contributed by atoms with Crippen LogP contribution in [0.3, 0.4) is 0 Å². The Labute approximate surface area is 117 Å². The zero-order valence-electron chi connectivity index (χ0n) is 13.2. The monoisotopic (exact) mass is 270 g/mol. The van der Waals surface area contributed by atoms with Crippen LogP contribution in [0.5, 0.6) is 0 Å². The molecule has 0 radical (unpaired) electrons. The van der Waals surface area contributed by atoms with Crippen LogP contribution in [0.25, 0.3) is 0 Å². The van der Waals surface area contributed by atoms with E-state index >= 15 is 0 Å². The van der Waals surface area contributed by atoms with Crippen LogP contribution in [-0.2, 0) is 4.74 Å². The zero-order valence-corrected chi connectivity index (χ0v) is 13.2. The Kier molecular flexibility index (Phi) is 6.11. The molecular formula is C15H30N2O2. The number of ether oxygens (including phenoxy) is 1. The third kappa shape index (κ3) is 5.81. The molecule has 1 amide bonds. The lowest BCUT2D eigenvalue weighted by atomic mass is 10.1. The van der Waals surface area contributed by atoms with E-state index in [1.54, 1.807) is 0 Å². The number of rotatable bonds is 5. The van der Waals surface area contributed by atoms with Crippen LogP contribution in [0.1, 0.15) is 60.3 Å². The molecule has 0 aromatic rings. The summed E-state index contributed by atoms with van der Waals surface area (Å²) in [5.41, 5.74) is -0.410. The number of hydrogen-bond acceptors (Lipinski definition) is 3. The molecule has 2 atom stereocenters. The second-order valence-corrected chi connectivity index (χ2v) is 6.57. The van der Waals surface area contributed by atoms with Gasteiger partial charge in [-0.3, -0.25) is 0 Å². The normalized spacial score (nSPS) is 21.5. The summed E-state index contributed by atoms with van der Waals surface area (Å²) in [6.07, 6.45) is 4.35. The summed E-state index contributed by atoms with van der Waals surface area (Å²) >= 11 is 0. The summed E-state index contributed by atoms with van der Waals surface area (Å²) in [6, 6.07) is 0.806. The summed E-state index contributed by atoms with van der Waals surface area (Å²) in [4.78, 5) is 14.0. The second kappa shape index (κ2) is 7.13. The Morgan fingerprint density at radius 1 is 1.47 bits per heavy atom. The molecule has 2 unspecified atom stereocenters. The van der Waals surface area contributed by atoms with Gasteiger partial charge in [0.25, 0.3) is 0 Å². The number of amides is 1. The van der Waals surface area contributed by atoms with Crippen molar-refractivity contribution in [2.45, 2.75) is 78.0 Å². The van der Waals surface area contributed by atoms with E-state index < -0.39 is 5.60 Å². The lowest BCUT2D eigenvalue weighted by Gasteiger charge is -2.29. The fraction of sp³-hybridized carbons (Fsp3) is 0.933. The van der Waals surface area contributed by atoms with Crippen LogP contribution in [0, 0.1) is 0 Å². The van der Waals surface area contributed by atoms with Gasteiger partial charge in [-0.15, -0.1) is 0 Å². The zero-order chi connectivity index (χ0) is 14.5. The van der Waals surface area contributed by atoms with Gasteiger partial charge in [-0.1, -0.05) is 13.3 Å². The van der Waals surface area contributed by atoms with E-state index in [2.05, 4.69) is 19.2 Å². The minimum absolute atomic E-state index is 0.167. The van der Waals surface area contributed by atoms with E-state index in [0.29, 0.717) is 6.04 Å². The highest BCUT2D eigenvalue weighted by Crippen LogP contribution is 2.20. The number of carbonyl (C=O) groups excluding carboxylic acids is 1. The molecule has 0 bridgehead atoms. The van der Waals surface area contributed by atoms with Gasteiger partial charge in [0, 0.05) is 25.2 Å². The first-order valence-electron chi connectivity index (χ1n) is 7.56. The van der Waals surface area contributed by atoms with Crippen LogP contribution in [-0.4, -0.2) is 41.8 Å². The Morgan fingerprint density at radius 3 is 2.74 bits per heavy atom. The maximum absolute atomic E-state index is 12.1. The molecule has 1 aliphatic heterocycles. The molecular weight excluding hydrogens is 240 g/mol. The number of carbonyl (C=O) groups is 1. The predicted octanol–water partition coefficient (Wildman–Crippen LogP) is 3.16. The van der Waals surface area contributed by atoms with Crippen LogP contribution in [0.4, 0.5) is 4.79 Å². The van der Waals surface area contributed by atoms with Gasteiger partial charge >= 0.3 is 6.09 Å². The van der Waals surface area contributed by atoms with Gasteiger partial charge in [0.15, 0.2) is 0 Å². The minimum atomic E-state index is -0.410. The van der Waals surface area contributed by atoms with E-state index in [1.165, 1.54) is 12.8 Å². The van der Waals surface area contributed by atoms with Crippen molar-refractivity contribution in [3.8, 4) is 0 Å². The summed E-state index contributed by atoms with van der Waals surface area (Å²) in [7, 11) is 0. The smallest absolute Gasteiger partial charge is 0.410 e. The van der Waals surface area contributed by atoms with Crippen LogP contribution in [0.2, 0.25) is 0 Å². The van der Waals surface area contributed by atoms with Crippen molar-refractivity contribution in [1.82, 2.24) is 10.2 Å². The first kappa shape index (κ1) is 16.3. The lowest BCUT2D eigenvalue weighted by molar-refractivity contribution is 0.0225. The summed E-state index contributed by atoms with van der Waals surface area (Å²) in [5.74, 6) is 0. The van der Waals surface area contributed by atoms with Crippen molar-refractivity contribution in [2.24, 2.45) is 0 Å². The molecule has 1 heterocycles. The van der Waals surface area contributed by atoms with Crippen LogP contribution >= 0.6 is 0 Å². The minimum Gasteiger partial charge on any atom is -0.444 e. The van der Waals surface area contributed by atoms with E-state index in [0.717, 1.165) is 25.9 Å². The van der Waals surface area contributed by atoms with E-state index in [1.807, 2.05) is 25.7 Å². The lowest BCUT2D eigenvalue weighted by Crippen LogP contribution is -2.45. The fourth-order valence-electron chi connectivity index (χ4n) is 2.48.